The first-order valence-corrected chi connectivity index (χ1v) is 7.02. The fraction of sp³-hybridized carbons (Fsp3) is 0. The Bertz CT molecular complexity index is 920. The SMILES string of the molecule is c1ccc(Oc2ccc(Nc3ccc4nnnn4n3)cc2)cc1. The third-order valence-electron chi connectivity index (χ3n) is 3.18. The summed E-state index contributed by atoms with van der Waals surface area (Å²) in [5.74, 6) is 2.23. The normalized spacial score (nSPS) is 10.6. The first kappa shape index (κ1) is 13.2. The molecule has 0 atom stereocenters. The number of rotatable bonds is 4. The molecule has 0 aliphatic heterocycles. The highest BCUT2D eigenvalue weighted by molar-refractivity contribution is 5.58. The lowest BCUT2D eigenvalue weighted by Crippen LogP contribution is -2.00. The molecule has 0 saturated carbocycles. The molecule has 0 saturated heterocycles. The summed E-state index contributed by atoms with van der Waals surface area (Å²) in [5.41, 5.74) is 1.49. The van der Waals surface area contributed by atoms with Gasteiger partial charge in [0.2, 0.25) is 0 Å². The average Bonchev–Trinajstić information content (AvgIpc) is 3.05. The molecule has 4 aromatic rings. The summed E-state index contributed by atoms with van der Waals surface area (Å²) >= 11 is 0. The fourth-order valence-electron chi connectivity index (χ4n) is 2.10. The lowest BCUT2D eigenvalue weighted by atomic mass is 10.3. The van der Waals surface area contributed by atoms with Gasteiger partial charge in [0.1, 0.15) is 11.5 Å². The number of nitrogens with zero attached hydrogens (tertiary/aromatic N) is 5. The largest absolute Gasteiger partial charge is 0.457 e. The maximum absolute atomic E-state index is 5.76. The summed E-state index contributed by atoms with van der Waals surface area (Å²) in [6.45, 7) is 0. The van der Waals surface area contributed by atoms with Gasteiger partial charge in [-0.1, -0.05) is 18.2 Å². The molecule has 0 aliphatic rings. The van der Waals surface area contributed by atoms with Crippen molar-refractivity contribution in [3.8, 4) is 11.5 Å². The molecule has 1 N–H and O–H groups in total. The summed E-state index contributed by atoms with van der Waals surface area (Å²) in [5, 5.41) is 18.6. The van der Waals surface area contributed by atoms with Crippen LogP contribution in [-0.2, 0) is 0 Å². The van der Waals surface area contributed by atoms with E-state index in [1.54, 1.807) is 6.07 Å². The molecule has 0 aliphatic carbocycles. The molecular weight excluding hydrogens is 292 g/mol. The van der Waals surface area contributed by atoms with Gasteiger partial charge in [-0.3, -0.25) is 0 Å². The van der Waals surface area contributed by atoms with Crippen molar-refractivity contribution < 1.29 is 4.74 Å². The third-order valence-corrected chi connectivity index (χ3v) is 3.18. The Kier molecular flexibility index (Phi) is 3.28. The first-order valence-electron chi connectivity index (χ1n) is 7.02. The van der Waals surface area contributed by atoms with Crippen molar-refractivity contribution in [2.24, 2.45) is 0 Å². The smallest absolute Gasteiger partial charge is 0.200 e. The number of anilines is 2. The minimum Gasteiger partial charge on any atom is -0.457 e. The molecule has 7 nitrogen and oxygen atoms in total. The monoisotopic (exact) mass is 304 g/mol. The van der Waals surface area contributed by atoms with E-state index in [1.165, 1.54) is 4.63 Å². The molecule has 23 heavy (non-hydrogen) atoms. The van der Waals surface area contributed by atoms with Gasteiger partial charge in [-0.2, -0.15) is 0 Å². The highest BCUT2D eigenvalue weighted by atomic mass is 16.5. The molecule has 0 amide bonds. The zero-order chi connectivity index (χ0) is 15.5. The maximum atomic E-state index is 5.76. The summed E-state index contributed by atoms with van der Waals surface area (Å²) in [6.07, 6.45) is 0. The van der Waals surface area contributed by atoms with Gasteiger partial charge in [-0.25, -0.2) is 0 Å². The first-order chi connectivity index (χ1) is 11.4. The van der Waals surface area contributed by atoms with E-state index in [-0.39, 0.29) is 0 Å². The lowest BCUT2D eigenvalue weighted by molar-refractivity contribution is 0.483. The van der Waals surface area contributed by atoms with Crippen LogP contribution in [0.1, 0.15) is 0 Å². The summed E-state index contributed by atoms with van der Waals surface area (Å²) in [7, 11) is 0. The number of hydrogen-bond donors (Lipinski definition) is 1. The number of nitrogens with one attached hydrogen (secondary N) is 1. The predicted molar refractivity (Wildman–Crippen MR) is 84.8 cm³/mol. The standard InChI is InChI=1S/C16H12N6O/c1-2-4-13(5-3-1)23-14-8-6-12(7-9-14)17-15-10-11-16-18-20-21-22(16)19-15/h1-11H,(H,17,19). The third kappa shape index (κ3) is 2.93. The summed E-state index contributed by atoms with van der Waals surface area (Å²) in [6, 6.07) is 20.9. The van der Waals surface area contributed by atoms with Crippen molar-refractivity contribution in [3.63, 3.8) is 0 Å². The molecule has 0 fully saturated rings. The van der Waals surface area contributed by atoms with Crippen molar-refractivity contribution in [3.05, 3.63) is 66.7 Å². The molecule has 0 bridgehead atoms. The highest BCUT2D eigenvalue weighted by Gasteiger charge is 2.02. The van der Waals surface area contributed by atoms with Crippen LogP contribution in [0.2, 0.25) is 0 Å². The van der Waals surface area contributed by atoms with Crippen LogP contribution in [0.5, 0.6) is 11.5 Å². The number of benzene rings is 2. The Hall–Kier alpha value is -3.48. The van der Waals surface area contributed by atoms with E-state index in [9.17, 15) is 0 Å². The molecular formula is C16H12N6O. The van der Waals surface area contributed by atoms with Crippen LogP contribution in [0, 0.1) is 0 Å². The van der Waals surface area contributed by atoms with E-state index in [4.69, 9.17) is 4.74 Å². The van der Waals surface area contributed by atoms with Crippen molar-refractivity contribution in [2.75, 3.05) is 5.32 Å². The second kappa shape index (κ2) is 5.72. The van der Waals surface area contributed by atoms with E-state index in [2.05, 4.69) is 25.9 Å². The van der Waals surface area contributed by atoms with Crippen molar-refractivity contribution in [2.45, 2.75) is 0 Å². The minimum absolute atomic E-state index is 0.599. The molecule has 0 spiro atoms. The Balaban J connectivity index is 1.49. The fourth-order valence-corrected chi connectivity index (χ4v) is 2.10. The van der Waals surface area contributed by atoms with Gasteiger partial charge < -0.3 is 10.1 Å². The number of fused-ring (bicyclic) bond motifs is 1. The Morgan fingerprint density at radius 1 is 0.826 bits per heavy atom. The van der Waals surface area contributed by atoms with Crippen molar-refractivity contribution in [1.29, 1.82) is 0 Å². The molecule has 7 heteroatoms. The Labute approximate surface area is 131 Å². The Morgan fingerprint density at radius 3 is 2.43 bits per heavy atom. The zero-order valence-corrected chi connectivity index (χ0v) is 12.0. The van der Waals surface area contributed by atoms with Gasteiger partial charge in [0.25, 0.3) is 0 Å². The van der Waals surface area contributed by atoms with Crippen LogP contribution in [0.25, 0.3) is 5.65 Å². The van der Waals surface area contributed by atoms with Gasteiger partial charge in [-0.15, -0.1) is 14.8 Å². The van der Waals surface area contributed by atoms with Crippen molar-refractivity contribution >= 4 is 17.2 Å². The maximum Gasteiger partial charge on any atom is 0.200 e. The molecule has 0 unspecified atom stereocenters. The summed E-state index contributed by atoms with van der Waals surface area (Å²) in [4.78, 5) is 0. The molecule has 2 aromatic heterocycles. The van der Waals surface area contributed by atoms with Gasteiger partial charge in [-0.05, 0) is 59.0 Å². The van der Waals surface area contributed by atoms with E-state index in [0.29, 0.717) is 11.5 Å². The quantitative estimate of drug-likeness (QED) is 0.624. The van der Waals surface area contributed by atoms with E-state index in [1.807, 2.05) is 60.7 Å². The zero-order valence-electron chi connectivity index (χ0n) is 12.0. The lowest BCUT2D eigenvalue weighted by Gasteiger charge is -2.08. The van der Waals surface area contributed by atoms with Crippen LogP contribution in [0.15, 0.2) is 66.7 Å². The van der Waals surface area contributed by atoms with Crippen LogP contribution in [-0.4, -0.2) is 25.3 Å². The van der Waals surface area contributed by atoms with Crippen LogP contribution >= 0.6 is 0 Å². The second-order valence-corrected chi connectivity index (χ2v) is 4.81. The van der Waals surface area contributed by atoms with Gasteiger partial charge in [0, 0.05) is 5.69 Å². The molecule has 2 heterocycles. The molecule has 0 radical (unpaired) electrons. The van der Waals surface area contributed by atoms with Gasteiger partial charge in [0.15, 0.2) is 11.5 Å². The second-order valence-electron chi connectivity index (χ2n) is 4.81. The number of para-hydroxylation sites is 1. The average molecular weight is 304 g/mol. The topological polar surface area (TPSA) is 77.2 Å². The number of hydrogen-bond acceptors (Lipinski definition) is 6. The van der Waals surface area contributed by atoms with Crippen molar-refractivity contribution in [1.82, 2.24) is 25.3 Å². The number of tetrazole rings is 1. The molecule has 2 aromatic carbocycles. The van der Waals surface area contributed by atoms with Gasteiger partial charge >= 0.3 is 0 Å². The van der Waals surface area contributed by atoms with E-state index in [0.717, 1.165) is 17.2 Å². The highest BCUT2D eigenvalue weighted by Crippen LogP contribution is 2.23. The van der Waals surface area contributed by atoms with Crippen LogP contribution < -0.4 is 10.1 Å². The Morgan fingerprint density at radius 2 is 1.61 bits per heavy atom. The molecule has 112 valence electrons. The van der Waals surface area contributed by atoms with E-state index >= 15 is 0 Å². The summed E-state index contributed by atoms with van der Waals surface area (Å²) < 4.78 is 7.13. The molecule has 4 rings (SSSR count). The van der Waals surface area contributed by atoms with Crippen LogP contribution in [0.3, 0.4) is 0 Å². The number of aromatic nitrogens is 5. The van der Waals surface area contributed by atoms with Gasteiger partial charge in [0.05, 0.1) is 0 Å². The minimum atomic E-state index is 0.599. The number of ether oxygens (including phenoxy) is 1. The predicted octanol–water partition coefficient (Wildman–Crippen LogP) is 3.06. The van der Waals surface area contributed by atoms with Crippen LogP contribution in [0.4, 0.5) is 11.5 Å². The van der Waals surface area contributed by atoms with E-state index < -0.39 is 0 Å².